The second-order valence-corrected chi connectivity index (χ2v) is 6.99. The molecule has 2 N–H and O–H groups in total. The second kappa shape index (κ2) is 6.44. The minimum Gasteiger partial charge on any atom is -0.337 e. The summed E-state index contributed by atoms with van der Waals surface area (Å²) >= 11 is 1.81. The Hall–Kier alpha value is -1.00. The molecule has 1 atom stereocenters. The van der Waals surface area contributed by atoms with Gasteiger partial charge in [0.15, 0.2) is 0 Å². The van der Waals surface area contributed by atoms with Gasteiger partial charge in [-0.1, -0.05) is 13.8 Å². The van der Waals surface area contributed by atoms with Crippen molar-refractivity contribution >= 4 is 17.7 Å². The van der Waals surface area contributed by atoms with Gasteiger partial charge in [0.2, 0.25) is 0 Å². The van der Waals surface area contributed by atoms with Crippen molar-refractivity contribution in [3.63, 3.8) is 0 Å². The average molecular weight is 278 g/mol. The molecule has 1 aliphatic rings. The van der Waals surface area contributed by atoms with Crippen LogP contribution in [0.25, 0.3) is 0 Å². The quantitative estimate of drug-likeness (QED) is 0.865. The van der Waals surface area contributed by atoms with E-state index >= 15 is 0 Å². The van der Waals surface area contributed by atoms with Crippen molar-refractivity contribution in [2.24, 2.45) is 5.73 Å². The number of rotatable bonds is 3. The first-order valence-electron chi connectivity index (χ1n) is 6.88. The van der Waals surface area contributed by atoms with Crippen LogP contribution in [0.15, 0.2) is 29.2 Å². The molecule has 0 aliphatic carbocycles. The molecule has 0 bridgehead atoms. The highest BCUT2D eigenvalue weighted by molar-refractivity contribution is 7.99. The van der Waals surface area contributed by atoms with Gasteiger partial charge in [0.05, 0.1) is 0 Å². The fourth-order valence-corrected chi connectivity index (χ4v) is 3.16. The number of likely N-dealkylation sites (tertiary alicyclic amines) is 1. The lowest BCUT2D eigenvalue weighted by Gasteiger charge is -2.30. The molecular formula is C15H22N2OS. The molecule has 0 radical (unpaired) electrons. The molecule has 2 rings (SSSR count). The molecular weight excluding hydrogens is 256 g/mol. The minimum absolute atomic E-state index is 0.108. The number of carbonyl (C=O) groups is 1. The Kier molecular flexibility index (Phi) is 4.88. The van der Waals surface area contributed by atoms with E-state index in [0.29, 0.717) is 11.8 Å². The Morgan fingerprint density at radius 2 is 2.05 bits per heavy atom. The zero-order valence-corrected chi connectivity index (χ0v) is 12.5. The van der Waals surface area contributed by atoms with E-state index in [9.17, 15) is 4.79 Å². The van der Waals surface area contributed by atoms with Gasteiger partial charge in [-0.15, -0.1) is 11.8 Å². The SMILES string of the molecule is CC(C)Sc1ccc(C(=O)N2CCCC(N)C2)cc1. The fraction of sp³-hybridized carbons (Fsp3) is 0.533. The van der Waals surface area contributed by atoms with E-state index in [4.69, 9.17) is 5.73 Å². The Morgan fingerprint density at radius 3 is 2.63 bits per heavy atom. The second-order valence-electron chi connectivity index (χ2n) is 5.34. The fourth-order valence-electron chi connectivity index (χ4n) is 2.33. The third kappa shape index (κ3) is 3.98. The standard InChI is InChI=1S/C15H22N2OS/c1-11(2)19-14-7-5-12(6-8-14)15(18)17-9-3-4-13(16)10-17/h5-8,11,13H,3-4,9-10,16H2,1-2H3. The summed E-state index contributed by atoms with van der Waals surface area (Å²) in [5, 5.41) is 0.557. The maximum atomic E-state index is 12.3. The summed E-state index contributed by atoms with van der Waals surface area (Å²) in [5.41, 5.74) is 6.69. The molecule has 1 amide bonds. The van der Waals surface area contributed by atoms with Gasteiger partial charge in [0.25, 0.3) is 5.91 Å². The van der Waals surface area contributed by atoms with Gasteiger partial charge < -0.3 is 10.6 Å². The van der Waals surface area contributed by atoms with E-state index in [1.54, 1.807) is 0 Å². The number of piperidine rings is 1. The van der Waals surface area contributed by atoms with Crippen LogP contribution in [0.1, 0.15) is 37.0 Å². The summed E-state index contributed by atoms with van der Waals surface area (Å²) in [5.74, 6) is 0.108. The van der Waals surface area contributed by atoms with Gasteiger partial charge in [0, 0.05) is 34.8 Å². The summed E-state index contributed by atoms with van der Waals surface area (Å²) in [7, 11) is 0. The predicted octanol–water partition coefficient (Wildman–Crippen LogP) is 2.75. The molecule has 3 nitrogen and oxygen atoms in total. The monoisotopic (exact) mass is 278 g/mol. The Labute approximate surface area is 119 Å². The molecule has 0 spiro atoms. The van der Waals surface area contributed by atoms with E-state index < -0.39 is 0 Å². The van der Waals surface area contributed by atoms with Crippen LogP contribution in [0, 0.1) is 0 Å². The van der Waals surface area contributed by atoms with Crippen LogP contribution >= 0.6 is 11.8 Å². The highest BCUT2D eigenvalue weighted by Gasteiger charge is 2.22. The molecule has 0 aromatic heterocycles. The van der Waals surface area contributed by atoms with Gasteiger partial charge in [-0.25, -0.2) is 0 Å². The zero-order valence-electron chi connectivity index (χ0n) is 11.6. The summed E-state index contributed by atoms with van der Waals surface area (Å²) < 4.78 is 0. The van der Waals surface area contributed by atoms with Crippen molar-refractivity contribution < 1.29 is 4.79 Å². The molecule has 19 heavy (non-hydrogen) atoms. The Balaban J connectivity index is 2.02. The number of thioether (sulfide) groups is 1. The smallest absolute Gasteiger partial charge is 0.253 e. The molecule has 4 heteroatoms. The molecule has 1 fully saturated rings. The lowest BCUT2D eigenvalue weighted by molar-refractivity contribution is 0.0709. The number of benzene rings is 1. The number of nitrogens with zero attached hydrogens (tertiary/aromatic N) is 1. The molecule has 0 saturated carbocycles. The summed E-state index contributed by atoms with van der Waals surface area (Å²) in [6, 6.07) is 8.04. The van der Waals surface area contributed by atoms with Crippen molar-refractivity contribution in [3.8, 4) is 0 Å². The molecule has 1 aromatic rings. The number of amides is 1. The molecule has 104 valence electrons. The van der Waals surface area contributed by atoms with E-state index in [1.165, 1.54) is 4.90 Å². The number of carbonyl (C=O) groups excluding carboxylic acids is 1. The third-order valence-corrected chi connectivity index (χ3v) is 4.23. The van der Waals surface area contributed by atoms with Crippen LogP contribution in [0.5, 0.6) is 0 Å². The summed E-state index contributed by atoms with van der Waals surface area (Å²) in [6.07, 6.45) is 2.03. The van der Waals surface area contributed by atoms with Crippen LogP contribution in [-0.2, 0) is 0 Å². The van der Waals surface area contributed by atoms with E-state index in [0.717, 1.165) is 24.9 Å². The van der Waals surface area contributed by atoms with Crippen LogP contribution in [0.3, 0.4) is 0 Å². The number of nitrogens with two attached hydrogens (primary N) is 1. The third-order valence-electron chi connectivity index (χ3n) is 3.22. The average Bonchev–Trinajstić information content (AvgIpc) is 2.38. The minimum atomic E-state index is 0.108. The van der Waals surface area contributed by atoms with Crippen molar-refractivity contribution in [1.82, 2.24) is 4.90 Å². The number of hydrogen-bond acceptors (Lipinski definition) is 3. The summed E-state index contributed by atoms with van der Waals surface area (Å²) in [4.78, 5) is 15.4. The molecule has 1 saturated heterocycles. The molecule has 1 aliphatic heterocycles. The molecule has 1 heterocycles. The van der Waals surface area contributed by atoms with E-state index in [2.05, 4.69) is 13.8 Å². The maximum absolute atomic E-state index is 12.3. The first kappa shape index (κ1) is 14.4. The van der Waals surface area contributed by atoms with Gasteiger partial charge >= 0.3 is 0 Å². The lowest BCUT2D eigenvalue weighted by Crippen LogP contribution is -2.45. The normalized spacial score (nSPS) is 19.8. The van der Waals surface area contributed by atoms with Crippen molar-refractivity contribution in [2.45, 2.75) is 42.9 Å². The van der Waals surface area contributed by atoms with Gasteiger partial charge in [-0.3, -0.25) is 4.79 Å². The topological polar surface area (TPSA) is 46.3 Å². The molecule has 1 unspecified atom stereocenters. The Bertz CT molecular complexity index is 430. The van der Waals surface area contributed by atoms with Gasteiger partial charge in [-0.05, 0) is 37.1 Å². The first-order chi connectivity index (χ1) is 9.06. The predicted molar refractivity (Wildman–Crippen MR) is 80.5 cm³/mol. The van der Waals surface area contributed by atoms with Crippen LogP contribution in [-0.4, -0.2) is 35.2 Å². The van der Waals surface area contributed by atoms with E-state index in [-0.39, 0.29) is 11.9 Å². The van der Waals surface area contributed by atoms with Crippen LogP contribution < -0.4 is 5.73 Å². The summed E-state index contributed by atoms with van der Waals surface area (Å²) in [6.45, 7) is 5.84. The maximum Gasteiger partial charge on any atom is 0.253 e. The lowest BCUT2D eigenvalue weighted by atomic mass is 10.1. The number of hydrogen-bond donors (Lipinski definition) is 1. The largest absolute Gasteiger partial charge is 0.337 e. The first-order valence-corrected chi connectivity index (χ1v) is 7.76. The highest BCUT2D eigenvalue weighted by atomic mass is 32.2. The van der Waals surface area contributed by atoms with Gasteiger partial charge in [-0.2, -0.15) is 0 Å². The zero-order chi connectivity index (χ0) is 13.8. The Morgan fingerprint density at radius 1 is 1.37 bits per heavy atom. The van der Waals surface area contributed by atoms with Crippen molar-refractivity contribution in [2.75, 3.05) is 13.1 Å². The van der Waals surface area contributed by atoms with Crippen LogP contribution in [0.2, 0.25) is 0 Å². The highest BCUT2D eigenvalue weighted by Crippen LogP contribution is 2.23. The van der Waals surface area contributed by atoms with E-state index in [1.807, 2.05) is 40.9 Å². The van der Waals surface area contributed by atoms with Gasteiger partial charge in [0.1, 0.15) is 0 Å². The van der Waals surface area contributed by atoms with Crippen molar-refractivity contribution in [1.29, 1.82) is 0 Å². The van der Waals surface area contributed by atoms with Crippen molar-refractivity contribution in [3.05, 3.63) is 29.8 Å². The van der Waals surface area contributed by atoms with Crippen LogP contribution in [0.4, 0.5) is 0 Å². The molecule has 1 aromatic carbocycles.